The first-order valence-corrected chi connectivity index (χ1v) is 34.7. The average Bonchev–Trinajstić information content (AvgIpc) is 2.01. The van der Waals surface area contributed by atoms with E-state index in [9.17, 15) is 37.7 Å². The molecule has 3 saturated heterocycles. The summed E-state index contributed by atoms with van der Waals surface area (Å²) in [6, 6.07) is 41.4. The van der Waals surface area contributed by atoms with Crippen LogP contribution in [0.2, 0.25) is 0 Å². The van der Waals surface area contributed by atoms with Crippen LogP contribution in [0.3, 0.4) is 0 Å². The molecule has 5 unspecified atom stereocenters. The maximum atomic E-state index is 14.1. The minimum Gasteiger partial charge on any atom is -0.462 e. The number of alkyl carbamates (subject to hydrolysis) is 1. The number of hydrogen-bond acceptors (Lipinski definition) is 18. The largest absolute Gasteiger partial charge is 0.462 e. The van der Waals surface area contributed by atoms with Crippen LogP contribution in [-0.4, -0.2) is 97.6 Å². The summed E-state index contributed by atoms with van der Waals surface area (Å²) in [6.45, 7) is 13.9. The van der Waals surface area contributed by atoms with Crippen molar-refractivity contribution in [3.63, 3.8) is 0 Å². The Morgan fingerprint density at radius 1 is 0.551 bits per heavy atom. The van der Waals surface area contributed by atoms with Gasteiger partial charge >= 0.3 is 50.7 Å². The summed E-state index contributed by atoms with van der Waals surface area (Å²) in [6.07, 6.45) is -2.67. The molecular formula is C58H82Cl4N5O17P3S2. The fourth-order valence-electron chi connectivity index (χ4n) is 6.97. The lowest BCUT2D eigenvalue weighted by Gasteiger charge is -2.32. The number of amides is 2. The molecule has 3 heterocycles. The Kier molecular flexibility index (Phi) is 41.0. The van der Waals surface area contributed by atoms with Gasteiger partial charge in [-0.3, -0.25) is 14.4 Å². The van der Waals surface area contributed by atoms with E-state index in [0.717, 1.165) is 29.0 Å². The summed E-state index contributed by atoms with van der Waals surface area (Å²) in [4.78, 5) is 57.8. The molecule has 7 atom stereocenters. The van der Waals surface area contributed by atoms with E-state index in [4.69, 9.17) is 76.9 Å². The first-order chi connectivity index (χ1) is 40.6. The predicted molar refractivity (Wildman–Crippen MR) is 358 cm³/mol. The van der Waals surface area contributed by atoms with Gasteiger partial charge in [-0.2, -0.15) is 27.0 Å². The lowest BCUT2D eigenvalue weighted by atomic mass is 10.1. The number of benzene rings is 5. The summed E-state index contributed by atoms with van der Waals surface area (Å²) in [5, 5.41) is 7.85. The van der Waals surface area contributed by atoms with E-state index < -0.39 is 62.8 Å². The number of rotatable bonds is 19. The minimum atomic E-state index is -4.11. The van der Waals surface area contributed by atoms with Gasteiger partial charge in [0.2, 0.25) is 0 Å². The van der Waals surface area contributed by atoms with Crippen LogP contribution in [0, 0.1) is 0 Å². The number of nitrogens with two attached hydrogens (primary N) is 1. The third-order valence-electron chi connectivity index (χ3n) is 10.7. The maximum absolute atomic E-state index is 14.1. The zero-order valence-electron chi connectivity index (χ0n) is 50.6. The lowest BCUT2D eigenvalue weighted by molar-refractivity contribution is -0.149. The maximum Gasteiger partial charge on any atom is 0.428 e. The molecule has 3 fully saturated rings. The number of para-hydroxylation sites is 3. The fourth-order valence-corrected chi connectivity index (χ4v) is 11.6. The van der Waals surface area contributed by atoms with Gasteiger partial charge in [0.15, 0.2) is 0 Å². The highest BCUT2D eigenvalue weighted by atomic mass is 35.9. The van der Waals surface area contributed by atoms with Crippen LogP contribution < -0.4 is 34.8 Å². The van der Waals surface area contributed by atoms with Crippen LogP contribution in [0.15, 0.2) is 152 Å². The number of carbonyl (C=O) groups excluding carboxylic acids is 5. The summed E-state index contributed by atoms with van der Waals surface area (Å²) in [5.74, 6) is -0.439. The number of nitrogens with zero attached hydrogens (tertiary/aromatic N) is 1. The molecule has 5 aromatic rings. The third-order valence-corrected chi connectivity index (χ3v) is 15.4. The van der Waals surface area contributed by atoms with E-state index in [1.54, 1.807) is 139 Å². The van der Waals surface area contributed by atoms with Crippen LogP contribution in [0.5, 0.6) is 17.2 Å². The highest BCUT2D eigenvalue weighted by Crippen LogP contribution is 2.57. The van der Waals surface area contributed by atoms with Crippen molar-refractivity contribution in [3.05, 3.63) is 163 Å². The molecule has 0 radical (unpaired) electrons. The Morgan fingerprint density at radius 2 is 0.933 bits per heavy atom. The molecule has 0 aromatic heterocycles. The van der Waals surface area contributed by atoms with Crippen molar-refractivity contribution < 1.29 is 79.7 Å². The topological polar surface area (TPSA) is 285 Å². The number of carbonyl (C=O) groups is 5. The van der Waals surface area contributed by atoms with Crippen molar-refractivity contribution in [2.75, 3.05) is 26.4 Å². The Labute approximate surface area is 556 Å². The zero-order valence-corrected chi connectivity index (χ0v) is 58.4. The van der Waals surface area contributed by atoms with Crippen LogP contribution in [0.25, 0.3) is 0 Å². The molecule has 31 heteroatoms. The summed E-state index contributed by atoms with van der Waals surface area (Å²) in [5.41, 5.74) is 7.03. The van der Waals surface area contributed by atoms with Crippen molar-refractivity contribution >= 4 is 124 Å². The molecule has 0 bridgehead atoms. The second kappa shape index (κ2) is 43.6. The van der Waals surface area contributed by atoms with Crippen LogP contribution in [0.1, 0.15) is 98.4 Å². The molecule has 8 rings (SSSR count). The third kappa shape index (κ3) is 34.7. The van der Waals surface area contributed by atoms with Gasteiger partial charge in [-0.15, -0.1) is 12.4 Å². The summed E-state index contributed by atoms with van der Waals surface area (Å²) < 4.78 is 83.3. The highest BCUT2D eigenvalue weighted by Gasteiger charge is 2.50. The number of halogens is 4. The number of cyclic esters (lactones) is 2. The number of ether oxygens (including phenoxy) is 6. The van der Waals surface area contributed by atoms with Crippen molar-refractivity contribution in [3.8, 4) is 17.2 Å². The van der Waals surface area contributed by atoms with Gasteiger partial charge in [-0.1, -0.05) is 115 Å². The molecule has 89 heavy (non-hydrogen) atoms. The van der Waals surface area contributed by atoms with Crippen LogP contribution in [0.4, 0.5) is 9.59 Å². The van der Waals surface area contributed by atoms with Gasteiger partial charge in [0.05, 0.1) is 24.4 Å². The van der Waals surface area contributed by atoms with E-state index in [-0.39, 0.29) is 88.2 Å². The van der Waals surface area contributed by atoms with E-state index in [1.807, 2.05) is 60.7 Å². The van der Waals surface area contributed by atoms with E-state index >= 15 is 0 Å². The molecule has 0 saturated carbocycles. The van der Waals surface area contributed by atoms with E-state index in [0.29, 0.717) is 18.1 Å². The van der Waals surface area contributed by atoms with Crippen LogP contribution in [-0.2, 0) is 56.5 Å². The first-order valence-electron chi connectivity index (χ1n) is 27.2. The minimum absolute atomic E-state index is 0. The van der Waals surface area contributed by atoms with Gasteiger partial charge in [-0.05, 0) is 123 Å². The number of esters is 3. The molecule has 22 nitrogen and oxygen atoms in total. The highest BCUT2D eigenvalue weighted by molar-refractivity contribution is 8.05. The van der Waals surface area contributed by atoms with Gasteiger partial charge in [-0.25, -0.2) is 38.1 Å². The van der Waals surface area contributed by atoms with Crippen molar-refractivity contribution in [2.24, 2.45) is 5.73 Å². The number of hydrogen-bond donors (Lipinski definition) is 4. The second-order valence-electron chi connectivity index (χ2n) is 19.4. The summed E-state index contributed by atoms with van der Waals surface area (Å²) >= 11 is 16.1. The zero-order chi connectivity index (χ0) is 63.9. The quantitative estimate of drug-likeness (QED) is 0.0339. The predicted octanol–water partition coefficient (Wildman–Crippen LogP) is 14.5. The monoisotopic (exact) mass is 1420 g/mol. The van der Waals surface area contributed by atoms with Gasteiger partial charge in [0.1, 0.15) is 54.6 Å². The van der Waals surface area contributed by atoms with Crippen molar-refractivity contribution in [2.45, 2.75) is 124 Å². The van der Waals surface area contributed by atoms with Crippen molar-refractivity contribution in [1.29, 1.82) is 0 Å². The smallest absolute Gasteiger partial charge is 0.428 e. The summed E-state index contributed by atoms with van der Waals surface area (Å²) in [7, 11) is -4.11. The standard InChI is InChI=1S/C21H25N2O6P.C12H17ClNO4P.C9H9NO2.C6H5Cl2O2P.C6H13NO2.C4H8O.ClH.2H2S/c1-15(2)28-20(24)16(3)22-30(26,29-18-12-8-5-9-13-18)23-19(14-27-21(23)25)17-10-6-4-7-11-17;1-9(2)17-12(15)10(3)14-19(13,16)18-11-7-5-4-6-8-11;11-9-10-8(6-12-9)7-4-2-1-3-5-7;7-11(8,9)10-6-4-2-1-3-5-6;1-4(2)9-6(8)5(3)7;1-2-4-5-3-1;;;/h4-13,15-16,19H,14H2,1-3H3,(H,22,26);4-10H,1-3H3,(H,14,16);1-5,8H,6H2,(H,10,11);1-5H;4-5H,7H2,1-3H3;1-4H2;1H;2*1H2/t16?,19-,30?;;8-;;;;;;/m1.1....../s1. The van der Waals surface area contributed by atoms with Gasteiger partial charge < -0.3 is 53.0 Å². The van der Waals surface area contributed by atoms with E-state index in [1.165, 1.54) is 26.7 Å². The molecule has 5 N–H and O–H groups in total. The second-order valence-corrected chi connectivity index (χ2v) is 28.3. The Balaban J connectivity index is 0.00000113. The molecule has 2 amide bonds. The SMILES string of the molecule is C1CCOC1.CC(C)OC(=O)C(C)N.CC(C)OC(=O)C(C)NP(=O)(Cl)Oc1ccccc1.CC(C)OC(=O)C(C)NP(=O)(Oc1ccccc1)N1C(=O)OC[C@@H]1c1ccccc1.Cl.O=C1N[C@@H](c2ccccc2)CO1.O=P(Cl)(Cl)Oc1ccccc1.S.S. The molecular weight excluding hydrogens is 1340 g/mol. The first kappa shape index (κ1) is 83.8. The number of nitrogens with one attached hydrogen (secondary N) is 3. The molecule has 3 aliphatic rings. The Hall–Kier alpha value is -5.16. The molecule has 0 aliphatic carbocycles. The normalized spacial score (nSPS) is 16.8. The average molecular weight is 1420 g/mol. The Bertz CT molecular complexity index is 2970. The van der Waals surface area contributed by atoms with Gasteiger partial charge in [0, 0.05) is 46.9 Å². The Morgan fingerprint density at radius 3 is 1.29 bits per heavy atom. The van der Waals surface area contributed by atoms with Crippen LogP contribution >= 0.6 is 93.7 Å². The van der Waals surface area contributed by atoms with E-state index in [2.05, 4.69) is 20.0 Å². The molecule has 3 aliphatic heterocycles. The fraction of sp³-hybridized carbons (Fsp3) is 0.397. The van der Waals surface area contributed by atoms with Gasteiger partial charge in [0.25, 0.3) is 0 Å². The lowest BCUT2D eigenvalue weighted by Crippen LogP contribution is -2.41. The molecule has 5 aromatic carbocycles. The molecule has 496 valence electrons. The molecule has 0 spiro atoms. The van der Waals surface area contributed by atoms with Crippen molar-refractivity contribution in [1.82, 2.24) is 20.2 Å².